The summed E-state index contributed by atoms with van der Waals surface area (Å²) in [7, 11) is -3.72. The fourth-order valence-corrected chi connectivity index (χ4v) is 3.09. The highest BCUT2D eigenvalue weighted by Crippen LogP contribution is 2.23. The Hall–Kier alpha value is -2.52. The minimum Gasteiger partial charge on any atom is -0.399 e. The van der Waals surface area contributed by atoms with Crippen molar-refractivity contribution in [3.8, 4) is 6.07 Å². The molecule has 0 amide bonds. The van der Waals surface area contributed by atoms with Crippen molar-refractivity contribution in [3.63, 3.8) is 0 Å². The molecule has 0 fully saturated rings. The van der Waals surface area contributed by atoms with Crippen molar-refractivity contribution < 1.29 is 8.42 Å². The van der Waals surface area contributed by atoms with Crippen molar-refractivity contribution in [2.45, 2.75) is 18.7 Å². The number of hydrogen-bond acceptors (Lipinski definition) is 4. The summed E-state index contributed by atoms with van der Waals surface area (Å²) in [5.41, 5.74) is 8.44. The van der Waals surface area contributed by atoms with Crippen molar-refractivity contribution in [1.29, 1.82) is 5.26 Å². The third kappa shape index (κ3) is 3.15. The molecule has 0 saturated carbocycles. The number of benzene rings is 2. The summed E-state index contributed by atoms with van der Waals surface area (Å²) in [4.78, 5) is 0.112. The monoisotopic (exact) mass is 301 g/mol. The van der Waals surface area contributed by atoms with Gasteiger partial charge in [0.25, 0.3) is 10.0 Å². The van der Waals surface area contributed by atoms with E-state index in [0.29, 0.717) is 22.5 Å². The van der Waals surface area contributed by atoms with Crippen LogP contribution in [-0.4, -0.2) is 8.42 Å². The lowest BCUT2D eigenvalue weighted by Gasteiger charge is -2.12. The van der Waals surface area contributed by atoms with E-state index in [-0.39, 0.29) is 4.90 Å². The number of nitrogen functional groups attached to an aromatic ring is 1. The molecule has 0 unspecified atom stereocenters. The van der Waals surface area contributed by atoms with E-state index in [2.05, 4.69) is 4.72 Å². The molecule has 2 rings (SSSR count). The molecular weight excluding hydrogens is 286 g/mol. The second kappa shape index (κ2) is 5.46. The number of nitrogens with one attached hydrogen (secondary N) is 1. The van der Waals surface area contributed by atoms with Gasteiger partial charge in [0, 0.05) is 5.69 Å². The molecule has 0 aliphatic heterocycles. The molecule has 0 heterocycles. The maximum atomic E-state index is 12.4. The van der Waals surface area contributed by atoms with E-state index in [1.807, 2.05) is 6.07 Å². The van der Waals surface area contributed by atoms with Crippen LogP contribution < -0.4 is 10.5 Å². The molecule has 0 aliphatic rings. The zero-order valence-corrected chi connectivity index (χ0v) is 12.5. The van der Waals surface area contributed by atoms with Gasteiger partial charge in [-0.3, -0.25) is 4.72 Å². The molecule has 2 aromatic rings. The minimum atomic E-state index is -3.72. The van der Waals surface area contributed by atoms with Gasteiger partial charge in [0.05, 0.1) is 22.2 Å². The molecule has 108 valence electrons. The minimum absolute atomic E-state index is 0.112. The van der Waals surface area contributed by atoms with Crippen LogP contribution in [0.2, 0.25) is 0 Å². The average molecular weight is 301 g/mol. The summed E-state index contributed by atoms with van der Waals surface area (Å²) >= 11 is 0. The number of anilines is 2. The van der Waals surface area contributed by atoms with Gasteiger partial charge in [-0.05, 0) is 55.3 Å². The maximum absolute atomic E-state index is 12.4. The normalized spacial score (nSPS) is 10.9. The van der Waals surface area contributed by atoms with Gasteiger partial charge in [-0.15, -0.1) is 0 Å². The van der Waals surface area contributed by atoms with Crippen LogP contribution in [0.5, 0.6) is 0 Å². The van der Waals surface area contributed by atoms with Gasteiger partial charge in [-0.1, -0.05) is 6.07 Å². The second-order valence-electron chi connectivity index (χ2n) is 4.77. The van der Waals surface area contributed by atoms with Gasteiger partial charge < -0.3 is 5.73 Å². The number of nitrogens with zero attached hydrogens (tertiary/aromatic N) is 1. The number of hydrogen-bond donors (Lipinski definition) is 2. The van der Waals surface area contributed by atoms with E-state index in [1.165, 1.54) is 18.2 Å². The molecule has 6 heteroatoms. The average Bonchev–Trinajstić information content (AvgIpc) is 2.42. The SMILES string of the molecule is Cc1cc(S(=O)(=O)Nc2cc(N)ccc2C)ccc1C#N. The van der Waals surface area contributed by atoms with Gasteiger partial charge in [0.15, 0.2) is 0 Å². The summed E-state index contributed by atoms with van der Waals surface area (Å²) < 4.78 is 27.3. The Kier molecular flexibility index (Phi) is 3.87. The molecule has 0 aromatic heterocycles. The summed E-state index contributed by atoms with van der Waals surface area (Å²) in [6.45, 7) is 3.49. The fourth-order valence-electron chi connectivity index (χ4n) is 1.88. The summed E-state index contributed by atoms with van der Waals surface area (Å²) in [5, 5.41) is 8.89. The van der Waals surface area contributed by atoms with Gasteiger partial charge in [-0.25, -0.2) is 8.42 Å². The predicted octanol–water partition coefficient (Wildman–Crippen LogP) is 2.56. The molecule has 3 N–H and O–H groups in total. The number of nitrogens with two attached hydrogens (primary N) is 1. The Balaban J connectivity index is 2.41. The van der Waals surface area contributed by atoms with Crippen LogP contribution in [0.4, 0.5) is 11.4 Å². The topological polar surface area (TPSA) is 96.0 Å². The molecule has 21 heavy (non-hydrogen) atoms. The van der Waals surface area contributed by atoms with Crippen LogP contribution in [0.15, 0.2) is 41.3 Å². The van der Waals surface area contributed by atoms with Crippen LogP contribution in [0.1, 0.15) is 16.7 Å². The van der Waals surface area contributed by atoms with Crippen molar-refractivity contribution in [1.82, 2.24) is 0 Å². The van der Waals surface area contributed by atoms with Gasteiger partial charge >= 0.3 is 0 Å². The first-order valence-corrected chi connectivity index (χ1v) is 7.71. The summed E-state index contributed by atoms with van der Waals surface area (Å²) in [6, 6.07) is 11.4. The first-order valence-electron chi connectivity index (χ1n) is 6.23. The zero-order valence-electron chi connectivity index (χ0n) is 11.7. The third-order valence-electron chi connectivity index (χ3n) is 3.13. The number of rotatable bonds is 3. The molecule has 5 nitrogen and oxygen atoms in total. The molecule has 0 spiro atoms. The van der Waals surface area contributed by atoms with E-state index in [0.717, 1.165) is 5.56 Å². The predicted molar refractivity (Wildman–Crippen MR) is 82.3 cm³/mol. The third-order valence-corrected chi connectivity index (χ3v) is 4.50. The molecule has 0 aliphatic carbocycles. The number of sulfonamides is 1. The van der Waals surface area contributed by atoms with E-state index >= 15 is 0 Å². The lowest BCUT2D eigenvalue weighted by Crippen LogP contribution is -2.14. The van der Waals surface area contributed by atoms with Crippen LogP contribution in [-0.2, 0) is 10.0 Å². The standard InChI is InChI=1S/C15H15N3O2S/c1-10-3-5-13(17)8-15(10)18-21(19,20)14-6-4-12(9-16)11(2)7-14/h3-8,18H,17H2,1-2H3. The molecule has 0 atom stereocenters. The van der Waals surface area contributed by atoms with Crippen LogP contribution in [0, 0.1) is 25.2 Å². The maximum Gasteiger partial charge on any atom is 0.261 e. The highest BCUT2D eigenvalue weighted by molar-refractivity contribution is 7.92. The largest absolute Gasteiger partial charge is 0.399 e. The van der Waals surface area contributed by atoms with Crippen LogP contribution in [0.25, 0.3) is 0 Å². The summed E-state index contributed by atoms with van der Waals surface area (Å²) in [5.74, 6) is 0. The van der Waals surface area contributed by atoms with Crippen LogP contribution >= 0.6 is 0 Å². The van der Waals surface area contributed by atoms with E-state index in [4.69, 9.17) is 11.0 Å². The lowest BCUT2D eigenvalue weighted by molar-refractivity contribution is 0.601. The van der Waals surface area contributed by atoms with Crippen molar-refractivity contribution in [2.24, 2.45) is 0 Å². The fraction of sp³-hybridized carbons (Fsp3) is 0.133. The smallest absolute Gasteiger partial charge is 0.261 e. The molecule has 2 aromatic carbocycles. The lowest BCUT2D eigenvalue weighted by atomic mass is 10.1. The van der Waals surface area contributed by atoms with E-state index in [9.17, 15) is 8.42 Å². The Labute approximate surface area is 124 Å². The van der Waals surface area contributed by atoms with Crippen molar-refractivity contribution in [3.05, 3.63) is 53.1 Å². The van der Waals surface area contributed by atoms with Gasteiger partial charge in [-0.2, -0.15) is 5.26 Å². The highest BCUT2D eigenvalue weighted by Gasteiger charge is 2.16. The second-order valence-corrected chi connectivity index (χ2v) is 6.45. The van der Waals surface area contributed by atoms with E-state index in [1.54, 1.807) is 32.0 Å². The van der Waals surface area contributed by atoms with E-state index < -0.39 is 10.0 Å². The summed E-state index contributed by atoms with van der Waals surface area (Å²) in [6.07, 6.45) is 0. The Bertz CT molecular complexity index is 836. The quantitative estimate of drug-likeness (QED) is 0.851. The molecule has 0 saturated heterocycles. The number of nitriles is 1. The van der Waals surface area contributed by atoms with Crippen molar-refractivity contribution >= 4 is 21.4 Å². The first-order chi connectivity index (χ1) is 9.83. The Morgan fingerprint density at radius 3 is 2.43 bits per heavy atom. The Morgan fingerprint density at radius 2 is 1.81 bits per heavy atom. The van der Waals surface area contributed by atoms with Crippen molar-refractivity contribution in [2.75, 3.05) is 10.5 Å². The number of aryl methyl sites for hydroxylation is 2. The first kappa shape index (κ1) is 14.9. The zero-order chi connectivity index (χ0) is 15.6. The highest BCUT2D eigenvalue weighted by atomic mass is 32.2. The Morgan fingerprint density at radius 1 is 1.10 bits per heavy atom. The van der Waals surface area contributed by atoms with Gasteiger partial charge in [0.2, 0.25) is 0 Å². The van der Waals surface area contributed by atoms with Gasteiger partial charge in [0.1, 0.15) is 0 Å². The molecule has 0 radical (unpaired) electrons. The molecule has 0 bridgehead atoms. The molecular formula is C15H15N3O2S. The van der Waals surface area contributed by atoms with Crippen LogP contribution in [0.3, 0.4) is 0 Å².